The van der Waals surface area contributed by atoms with Gasteiger partial charge in [-0.25, -0.2) is 5.01 Å². The summed E-state index contributed by atoms with van der Waals surface area (Å²) < 4.78 is 5.37. The van der Waals surface area contributed by atoms with Crippen LogP contribution in [-0.2, 0) is 14.4 Å². The SMILES string of the molecule is Cc1ccc(C)c(N2N=C(C(=O)NC(C)c3ccc4c(c3)NC(=O)CO4)CCC2=O)c1. The van der Waals surface area contributed by atoms with Crippen molar-refractivity contribution in [3.63, 3.8) is 0 Å². The van der Waals surface area contributed by atoms with Crippen molar-refractivity contribution in [2.45, 2.75) is 39.7 Å². The van der Waals surface area contributed by atoms with Gasteiger partial charge in [0.1, 0.15) is 11.5 Å². The smallest absolute Gasteiger partial charge is 0.267 e. The van der Waals surface area contributed by atoms with Crippen LogP contribution in [0.2, 0.25) is 0 Å². The molecule has 2 N–H and O–H groups in total. The van der Waals surface area contributed by atoms with E-state index in [1.54, 1.807) is 12.1 Å². The molecule has 0 radical (unpaired) electrons. The van der Waals surface area contributed by atoms with Crippen LogP contribution in [0.25, 0.3) is 0 Å². The largest absolute Gasteiger partial charge is 0.482 e. The molecule has 1 unspecified atom stereocenters. The molecule has 1 atom stereocenters. The van der Waals surface area contributed by atoms with Crippen molar-refractivity contribution in [1.82, 2.24) is 5.32 Å². The van der Waals surface area contributed by atoms with Gasteiger partial charge in [-0.2, -0.15) is 5.10 Å². The quantitative estimate of drug-likeness (QED) is 0.794. The van der Waals surface area contributed by atoms with Gasteiger partial charge in [-0.05, 0) is 55.7 Å². The molecule has 2 aromatic rings. The van der Waals surface area contributed by atoms with E-state index >= 15 is 0 Å². The Labute approximate surface area is 180 Å². The summed E-state index contributed by atoms with van der Waals surface area (Å²) in [7, 11) is 0. The van der Waals surface area contributed by atoms with Crippen molar-refractivity contribution in [2.24, 2.45) is 5.10 Å². The number of hydrogen-bond acceptors (Lipinski definition) is 5. The minimum atomic E-state index is -0.328. The minimum Gasteiger partial charge on any atom is -0.482 e. The molecule has 2 aromatic carbocycles. The Bertz CT molecular complexity index is 1110. The van der Waals surface area contributed by atoms with E-state index < -0.39 is 0 Å². The van der Waals surface area contributed by atoms with Crippen molar-refractivity contribution in [3.8, 4) is 5.75 Å². The maximum atomic E-state index is 12.9. The Balaban J connectivity index is 1.52. The molecule has 160 valence electrons. The third kappa shape index (κ3) is 4.28. The lowest BCUT2D eigenvalue weighted by molar-refractivity contribution is -0.119. The summed E-state index contributed by atoms with van der Waals surface area (Å²) in [6.45, 7) is 5.70. The van der Waals surface area contributed by atoms with Crippen LogP contribution in [0.1, 0.15) is 42.5 Å². The lowest BCUT2D eigenvalue weighted by Gasteiger charge is -2.25. The number of nitrogens with one attached hydrogen (secondary N) is 2. The zero-order valence-corrected chi connectivity index (χ0v) is 17.7. The molecule has 2 heterocycles. The number of aryl methyl sites for hydroxylation is 2. The van der Waals surface area contributed by atoms with Crippen molar-refractivity contribution >= 4 is 34.8 Å². The van der Waals surface area contributed by atoms with Crippen LogP contribution in [0.15, 0.2) is 41.5 Å². The molecular formula is C23H24N4O4. The van der Waals surface area contributed by atoms with E-state index in [4.69, 9.17) is 4.74 Å². The molecule has 0 aliphatic carbocycles. The molecule has 0 saturated carbocycles. The second kappa shape index (κ2) is 8.22. The van der Waals surface area contributed by atoms with Gasteiger partial charge in [-0.1, -0.05) is 18.2 Å². The fourth-order valence-electron chi connectivity index (χ4n) is 3.59. The molecule has 0 bridgehead atoms. The summed E-state index contributed by atoms with van der Waals surface area (Å²) in [6.07, 6.45) is 0.503. The van der Waals surface area contributed by atoms with Crippen LogP contribution >= 0.6 is 0 Å². The molecule has 0 fully saturated rings. The van der Waals surface area contributed by atoms with E-state index in [1.807, 2.05) is 45.0 Å². The Morgan fingerprint density at radius 2 is 1.97 bits per heavy atom. The standard InChI is InChI=1S/C23H24N4O4/c1-13-4-5-14(2)19(10-13)27-22(29)9-7-17(26-27)23(30)24-15(3)16-6-8-20-18(11-16)25-21(28)12-31-20/h4-6,8,10-11,15H,7,9,12H2,1-3H3,(H,24,30)(H,25,28). The van der Waals surface area contributed by atoms with Crippen LogP contribution < -0.4 is 20.4 Å². The second-order valence-electron chi connectivity index (χ2n) is 7.83. The molecule has 31 heavy (non-hydrogen) atoms. The first-order chi connectivity index (χ1) is 14.8. The van der Waals surface area contributed by atoms with Crippen LogP contribution in [0, 0.1) is 13.8 Å². The molecule has 8 nitrogen and oxygen atoms in total. The van der Waals surface area contributed by atoms with Gasteiger partial charge in [0.05, 0.1) is 17.4 Å². The maximum Gasteiger partial charge on any atom is 0.267 e. The predicted molar refractivity (Wildman–Crippen MR) is 117 cm³/mol. The third-order valence-electron chi connectivity index (χ3n) is 5.37. The van der Waals surface area contributed by atoms with E-state index in [9.17, 15) is 14.4 Å². The van der Waals surface area contributed by atoms with Crippen LogP contribution in [0.3, 0.4) is 0 Å². The number of fused-ring (bicyclic) bond motifs is 1. The molecule has 8 heteroatoms. The van der Waals surface area contributed by atoms with Gasteiger partial charge < -0.3 is 15.4 Å². The third-order valence-corrected chi connectivity index (χ3v) is 5.37. The van der Waals surface area contributed by atoms with Crippen molar-refractivity contribution in [1.29, 1.82) is 0 Å². The number of hydrogen-bond donors (Lipinski definition) is 2. The Morgan fingerprint density at radius 3 is 2.77 bits per heavy atom. The Morgan fingerprint density at radius 1 is 1.16 bits per heavy atom. The molecule has 3 amide bonds. The van der Waals surface area contributed by atoms with E-state index in [1.165, 1.54) is 5.01 Å². The average molecular weight is 420 g/mol. The fourth-order valence-corrected chi connectivity index (χ4v) is 3.59. The second-order valence-corrected chi connectivity index (χ2v) is 7.83. The maximum absolute atomic E-state index is 12.9. The minimum absolute atomic E-state index is 0.00586. The number of anilines is 2. The zero-order valence-electron chi connectivity index (χ0n) is 17.7. The number of amides is 3. The van der Waals surface area contributed by atoms with Crippen molar-refractivity contribution in [3.05, 3.63) is 53.1 Å². The van der Waals surface area contributed by atoms with Gasteiger partial charge in [0.2, 0.25) is 5.91 Å². The monoisotopic (exact) mass is 420 g/mol. The number of nitrogens with zero attached hydrogens (tertiary/aromatic N) is 2. The molecular weight excluding hydrogens is 396 g/mol. The molecule has 0 aromatic heterocycles. The topological polar surface area (TPSA) is 100 Å². The zero-order chi connectivity index (χ0) is 22.1. The van der Waals surface area contributed by atoms with Gasteiger partial charge in [0.15, 0.2) is 6.61 Å². The van der Waals surface area contributed by atoms with E-state index in [0.717, 1.165) is 16.7 Å². The van der Waals surface area contributed by atoms with Gasteiger partial charge in [-0.15, -0.1) is 0 Å². The van der Waals surface area contributed by atoms with Crippen LogP contribution in [0.5, 0.6) is 5.75 Å². The van der Waals surface area contributed by atoms with Gasteiger partial charge in [0, 0.05) is 12.8 Å². The summed E-state index contributed by atoms with van der Waals surface area (Å²) in [6, 6.07) is 10.9. The Hall–Kier alpha value is -3.68. The first kappa shape index (κ1) is 20.6. The molecule has 0 saturated heterocycles. The normalized spacial score (nSPS) is 16.6. The van der Waals surface area contributed by atoms with Crippen molar-refractivity contribution in [2.75, 3.05) is 16.9 Å². The van der Waals surface area contributed by atoms with Gasteiger partial charge in [-0.3, -0.25) is 14.4 Å². The van der Waals surface area contributed by atoms with Crippen molar-refractivity contribution < 1.29 is 19.1 Å². The number of ether oxygens (including phenoxy) is 1. The number of hydrazone groups is 1. The number of carbonyl (C=O) groups excluding carboxylic acids is 3. The number of benzene rings is 2. The number of rotatable bonds is 4. The van der Waals surface area contributed by atoms with E-state index in [0.29, 0.717) is 22.8 Å². The molecule has 4 rings (SSSR count). The summed E-state index contributed by atoms with van der Waals surface area (Å²) in [5.74, 6) is -0.0765. The fraction of sp³-hybridized carbons (Fsp3) is 0.304. The van der Waals surface area contributed by atoms with E-state index in [-0.39, 0.29) is 43.2 Å². The van der Waals surface area contributed by atoms with Gasteiger partial charge >= 0.3 is 0 Å². The van der Waals surface area contributed by atoms with E-state index in [2.05, 4.69) is 15.7 Å². The Kier molecular flexibility index (Phi) is 5.46. The lowest BCUT2D eigenvalue weighted by atomic mass is 10.1. The summed E-state index contributed by atoms with van der Waals surface area (Å²) >= 11 is 0. The molecule has 2 aliphatic heterocycles. The lowest BCUT2D eigenvalue weighted by Crippen LogP contribution is -2.40. The highest BCUT2D eigenvalue weighted by molar-refractivity contribution is 6.40. The molecule has 0 spiro atoms. The first-order valence-corrected chi connectivity index (χ1v) is 10.2. The highest BCUT2D eigenvalue weighted by Gasteiger charge is 2.27. The summed E-state index contributed by atoms with van der Waals surface area (Å²) in [5.41, 5.74) is 4.32. The predicted octanol–water partition coefficient (Wildman–Crippen LogP) is 2.99. The first-order valence-electron chi connectivity index (χ1n) is 10.2. The van der Waals surface area contributed by atoms with Crippen LogP contribution in [-0.4, -0.2) is 30.0 Å². The number of carbonyl (C=O) groups is 3. The highest BCUT2D eigenvalue weighted by atomic mass is 16.5. The van der Waals surface area contributed by atoms with Gasteiger partial charge in [0.25, 0.3) is 11.8 Å². The van der Waals surface area contributed by atoms with Crippen LogP contribution in [0.4, 0.5) is 11.4 Å². The average Bonchev–Trinajstić information content (AvgIpc) is 2.75. The summed E-state index contributed by atoms with van der Waals surface area (Å²) in [5, 5.41) is 11.4. The molecule has 2 aliphatic rings. The summed E-state index contributed by atoms with van der Waals surface area (Å²) in [4.78, 5) is 36.9. The highest BCUT2D eigenvalue weighted by Crippen LogP contribution is 2.31.